The predicted octanol–water partition coefficient (Wildman–Crippen LogP) is 3.92. The van der Waals surface area contributed by atoms with E-state index in [1.54, 1.807) is 0 Å². The molecule has 1 atom stereocenters. The van der Waals surface area contributed by atoms with Gasteiger partial charge in [-0.05, 0) is 49.3 Å². The normalized spacial score (nSPS) is 21.5. The van der Waals surface area contributed by atoms with Crippen LogP contribution < -0.4 is 10.6 Å². The maximum absolute atomic E-state index is 4.33. The van der Waals surface area contributed by atoms with Gasteiger partial charge in [0.1, 0.15) is 0 Å². The van der Waals surface area contributed by atoms with Gasteiger partial charge in [0.2, 0.25) is 0 Å². The van der Waals surface area contributed by atoms with Gasteiger partial charge in [-0.15, -0.1) is 24.0 Å². The van der Waals surface area contributed by atoms with Crippen molar-refractivity contribution >= 4 is 29.9 Å². The lowest BCUT2D eigenvalue weighted by molar-refractivity contribution is 0.176. The number of nitrogens with zero attached hydrogens (tertiary/aromatic N) is 2. The third kappa shape index (κ3) is 6.58. The molecule has 1 aromatic rings. The van der Waals surface area contributed by atoms with Gasteiger partial charge in [0, 0.05) is 32.7 Å². The van der Waals surface area contributed by atoms with Gasteiger partial charge in [-0.25, -0.2) is 0 Å². The number of likely N-dealkylation sites (tertiary alicyclic amines) is 1. The van der Waals surface area contributed by atoms with Crippen molar-refractivity contribution in [1.29, 1.82) is 0 Å². The molecule has 1 heterocycles. The lowest BCUT2D eigenvalue weighted by Gasteiger charge is -2.30. The molecule has 0 spiro atoms. The molecule has 4 nitrogen and oxygen atoms in total. The van der Waals surface area contributed by atoms with E-state index in [4.69, 9.17) is 0 Å². The van der Waals surface area contributed by atoms with E-state index in [1.165, 1.54) is 37.1 Å². The average Bonchev–Trinajstić information content (AvgIpc) is 3.13. The van der Waals surface area contributed by atoms with Crippen LogP contribution in [0.4, 0.5) is 0 Å². The molecule has 0 radical (unpaired) electrons. The number of nitrogens with one attached hydrogen (secondary N) is 2. The zero-order chi connectivity index (χ0) is 17.5. The predicted molar refractivity (Wildman–Crippen MR) is 121 cm³/mol. The minimum Gasteiger partial charge on any atom is -0.353 e. The quantitative estimate of drug-likeness (QED) is 0.298. The van der Waals surface area contributed by atoms with Gasteiger partial charge in [0.15, 0.2) is 5.96 Å². The Morgan fingerprint density at radius 1 is 1.15 bits per heavy atom. The molecule has 26 heavy (non-hydrogen) atoms. The zero-order valence-corrected chi connectivity index (χ0v) is 18.4. The number of piperidine rings is 1. The first-order valence-electron chi connectivity index (χ1n) is 9.65. The molecule has 1 aliphatic carbocycles. The second-order valence-corrected chi connectivity index (χ2v) is 7.51. The molecule has 0 saturated carbocycles. The molecule has 1 unspecified atom stereocenters. The van der Waals surface area contributed by atoms with E-state index < -0.39 is 0 Å². The Hall–Kier alpha value is -1.08. The molecule has 1 aliphatic heterocycles. The van der Waals surface area contributed by atoms with Crippen LogP contribution in [0, 0.1) is 5.92 Å². The molecule has 1 saturated heterocycles. The van der Waals surface area contributed by atoms with Crippen LogP contribution in [0.25, 0.3) is 0 Å². The molecule has 2 N–H and O–H groups in total. The van der Waals surface area contributed by atoms with Gasteiger partial charge >= 0.3 is 0 Å². The van der Waals surface area contributed by atoms with Crippen molar-refractivity contribution in [2.75, 3.05) is 20.1 Å². The smallest absolute Gasteiger partial charge is 0.191 e. The minimum absolute atomic E-state index is 0. The minimum atomic E-state index is 0. The number of guanidine groups is 1. The van der Waals surface area contributed by atoms with E-state index in [0.717, 1.165) is 37.8 Å². The average molecular weight is 468 g/mol. The summed E-state index contributed by atoms with van der Waals surface area (Å²) >= 11 is 0. The fourth-order valence-corrected chi connectivity index (χ4v) is 3.76. The van der Waals surface area contributed by atoms with Crippen LogP contribution in [-0.4, -0.2) is 37.0 Å². The molecule has 144 valence electrons. The molecular weight excluding hydrogens is 435 g/mol. The Bertz CT molecular complexity index is 589. The lowest BCUT2D eigenvalue weighted by atomic mass is 9.99. The second kappa shape index (κ2) is 10.9. The molecule has 2 aliphatic rings. The van der Waals surface area contributed by atoms with Gasteiger partial charge < -0.3 is 10.6 Å². The van der Waals surface area contributed by atoms with Gasteiger partial charge in [-0.1, -0.05) is 43.3 Å². The van der Waals surface area contributed by atoms with Crippen LogP contribution in [-0.2, 0) is 13.1 Å². The highest BCUT2D eigenvalue weighted by molar-refractivity contribution is 14.0. The summed E-state index contributed by atoms with van der Waals surface area (Å²) in [6.07, 6.45) is 9.35. The van der Waals surface area contributed by atoms with E-state index in [-0.39, 0.29) is 24.0 Å². The van der Waals surface area contributed by atoms with Crippen molar-refractivity contribution in [3.63, 3.8) is 0 Å². The first-order chi connectivity index (χ1) is 12.2. The van der Waals surface area contributed by atoms with Crippen LogP contribution in [0.5, 0.6) is 0 Å². The summed E-state index contributed by atoms with van der Waals surface area (Å²) < 4.78 is 0. The number of benzene rings is 1. The number of aliphatic imine (C=N–C) groups is 1. The molecule has 0 aromatic heterocycles. The molecule has 0 bridgehead atoms. The molecular formula is C21H33IN4. The Morgan fingerprint density at radius 2 is 1.85 bits per heavy atom. The standard InChI is InChI=1S/C21H32N4.HI/c1-17-6-5-13-25(15-17)16-19-11-9-18(10-12-19)14-23-21(22-2)24-20-7-3-4-8-20;/h3-4,9-12,17,20H,5-8,13-16H2,1-2H3,(H2,22,23,24);1H. The third-order valence-corrected chi connectivity index (χ3v) is 5.20. The SMILES string of the molecule is CN=C(NCc1ccc(CN2CCCC(C)C2)cc1)NC1CC=CC1.I. The van der Waals surface area contributed by atoms with Crippen molar-refractivity contribution in [2.45, 2.75) is 51.7 Å². The molecule has 5 heteroatoms. The Balaban J connectivity index is 0.00000243. The highest BCUT2D eigenvalue weighted by Gasteiger charge is 2.16. The zero-order valence-electron chi connectivity index (χ0n) is 16.1. The van der Waals surface area contributed by atoms with E-state index in [0.29, 0.717) is 6.04 Å². The topological polar surface area (TPSA) is 39.7 Å². The highest BCUT2D eigenvalue weighted by atomic mass is 127. The van der Waals surface area contributed by atoms with Gasteiger partial charge in [0.05, 0.1) is 0 Å². The van der Waals surface area contributed by atoms with E-state index >= 15 is 0 Å². The summed E-state index contributed by atoms with van der Waals surface area (Å²) in [7, 11) is 1.83. The summed E-state index contributed by atoms with van der Waals surface area (Å²) in [6.45, 7) is 6.73. The van der Waals surface area contributed by atoms with Crippen molar-refractivity contribution in [2.24, 2.45) is 10.9 Å². The summed E-state index contributed by atoms with van der Waals surface area (Å²) in [4.78, 5) is 6.91. The summed E-state index contributed by atoms with van der Waals surface area (Å²) in [5.41, 5.74) is 2.71. The van der Waals surface area contributed by atoms with Crippen molar-refractivity contribution in [3.8, 4) is 0 Å². The van der Waals surface area contributed by atoms with Crippen LogP contribution in [0.1, 0.15) is 43.7 Å². The van der Waals surface area contributed by atoms with Gasteiger partial charge in [-0.2, -0.15) is 0 Å². The summed E-state index contributed by atoms with van der Waals surface area (Å²) in [5, 5.41) is 6.90. The van der Waals surface area contributed by atoms with Crippen molar-refractivity contribution < 1.29 is 0 Å². The molecule has 1 aromatic carbocycles. The lowest BCUT2D eigenvalue weighted by Crippen LogP contribution is -2.42. The maximum atomic E-state index is 4.33. The largest absolute Gasteiger partial charge is 0.353 e. The van der Waals surface area contributed by atoms with E-state index in [9.17, 15) is 0 Å². The maximum Gasteiger partial charge on any atom is 0.191 e. The Labute approximate surface area is 175 Å². The molecule has 1 fully saturated rings. The molecule has 0 amide bonds. The molecule has 3 rings (SSSR count). The van der Waals surface area contributed by atoms with Gasteiger partial charge in [-0.3, -0.25) is 9.89 Å². The van der Waals surface area contributed by atoms with E-state index in [1.807, 2.05) is 7.05 Å². The first kappa shape index (κ1) is 21.2. The first-order valence-corrected chi connectivity index (χ1v) is 9.65. The van der Waals surface area contributed by atoms with Crippen LogP contribution in [0.2, 0.25) is 0 Å². The fraction of sp³-hybridized carbons (Fsp3) is 0.571. The Kier molecular flexibility index (Phi) is 8.91. The van der Waals surface area contributed by atoms with Crippen LogP contribution >= 0.6 is 24.0 Å². The third-order valence-electron chi connectivity index (χ3n) is 5.20. The van der Waals surface area contributed by atoms with Crippen LogP contribution in [0.3, 0.4) is 0 Å². The monoisotopic (exact) mass is 468 g/mol. The van der Waals surface area contributed by atoms with Crippen molar-refractivity contribution in [1.82, 2.24) is 15.5 Å². The number of rotatable bonds is 5. The highest BCUT2D eigenvalue weighted by Crippen LogP contribution is 2.18. The summed E-state index contributed by atoms with van der Waals surface area (Å²) in [6, 6.07) is 9.50. The number of hydrogen-bond donors (Lipinski definition) is 2. The number of halogens is 1. The fourth-order valence-electron chi connectivity index (χ4n) is 3.76. The number of hydrogen-bond acceptors (Lipinski definition) is 2. The van der Waals surface area contributed by atoms with Crippen molar-refractivity contribution in [3.05, 3.63) is 47.5 Å². The Morgan fingerprint density at radius 3 is 2.50 bits per heavy atom. The van der Waals surface area contributed by atoms with E-state index in [2.05, 4.69) is 63.9 Å². The van der Waals surface area contributed by atoms with Gasteiger partial charge in [0.25, 0.3) is 0 Å². The second-order valence-electron chi connectivity index (χ2n) is 7.51. The summed E-state index contributed by atoms with van der Waals surface area (Å²) in [5.74, 6) is 1.73. The van der Waals surface area contributed by atoms with Crippen LogP contribution in [0.15, 0.2) is 41.4 Å².